The van der Waals surface area contributed by atoms with Gasteiger partial charge in [0.1, 0.15) is 0 Å². The topological polar surface area (TPSA) is 20.2 Å². The van der Waals surface area contributed by atoms with E-state index < -0.39 is 0 Å². The predicted molar refractivity (Wildman–Crippen MR) is 534 cm³/mol. The van der Waals surface area contributed by atoms with Gasteiger partial charge in [-0.1, -0.05) is 484 Å². The fraction of sp³-hybridized carbons (Fsp3) is 0.832. The van der Waals surface area contributed by atoms with E-state index in [1.807, 2.05) is 0 Å². The summed E-state index contributed by atoms with van der Waals surface area (Å²) in [5.41, 5.74) is 0. The summed E-state index contributed by atoms with van der Waals surface area (Å²) < 4.78 is 0. The van der Waals surface area contributed by atoms with E-state index in [0.29, 0.717) is 6.61 Å². The van der Waals surface area contributed by atoms with Crippen molar-refractivity contribution in [2.24, 2.45) is 0 Å². The van der Waals surface area contributed by atoms with Crippen molar-refractivity contribution in [2.75, 3.05) is 41.1 Å². The molecule has 0 aliphatic heterocycles. The lowest BCUT2D eigenvalue weighted by Gasteiger charge is -2.20. The van der Waals surface area contributed by atoms with Crippen molar-refractivity contribution in [3.8, 4) is 0 Å². The molecule has 4 rings (SSSR count). The third kappa shape index (κ3) is 56.5. The summed E-state index contributed by atoms with van der Waals surface area (Å²) in [6, 6.07) is 16.6. The highest BCUT2D eigenvalue weighted by Crippen LogP contribution is 2.48. The van der Waals surface area contributed by atoms with Gasteiger partial charge in [0.25, 0.3) is 0 Å². The van der Waals surface area contributed by atoms with E-state index in [1.165, 1.54) is 555 Å². The van der Waals surface area contributed by atoms with Gasteiger partial charge in [-0.15, -0.1) is 70.6 Å². The minimum absolute atomic E-state index is 0.339. The van der Waals surface area contributed by atoms with Gasteiger partial charge >= 0.3 is 0 Å². The number of fused-ring (bicyclic) bond motifs is 6. The van der Waals surface area contributed by atoms with Gasteiger partial charge in [0, 0.05) is 36.0 Å². The van der Waals surface area contributed by atoms with Crippen LogP contribution in [-0.4, -0.2) is 46.2 Å². The summed E-state index contributed by atoms with van der Waals surface area (Å²) in [6.45, 7) is 12.0. The van der Waals surface area contributed by atoms with Crippen LogP contribution < -0.4 is 0 Å². The molecule has 0 aliphatic rings. The molecule has 0 saturated carbocycles. The normalized spacial score (nSPS) is 11.9. The zero-order chi connectivity index (χ0) is 80.8. The first kappa shape index (κ1) is 106. The monoisotopic (exact) mass is 1680 g/mol. The van der Waals surface area contributed by atoms with E-state index in [0.717, 1.165) is 6.42 Å². The quantitative estimate of drug-likeness (QED) is 0.0267. The van der Waals surface area contributed by atoms with Gasteiger partial charge in [-0.3, -0.25) is 0 Å². The maximum absolute atomic E-state index is 9.47. The van der Waals surface area contributed by atoms with Crippen molar-refractivity contribution in [1.82, 2.24) is 0 Å². The van der Waals surface area contributed by atoms with Crippen LogP contribution in [0.15, 0.2) is 65.8 Å². The number of hydrogen-bond donors (Lipinski definition) is 1. The van der Waals surface area contributed by atoms with Crippen LogP contribution in [0.25, 0.3) is 32.3 Å². The number of thioether (sulfide) groups is 6. The molecule has 0 unspecified atom stereocenters. The first-order valence-electron chi connectivity index (χ1n) is 51.5. The number of unbranched alkanes of at least 4 members (excludes halogenated alkanes) is 71. The molecule has 0 spiro atoms. The highest BCUT2D eigenvalue weighted by Gasteiger charge is 2.20. The summed E-state index contributed by atoms with van der Waals surface area (Å²) >= 11 is 13.3. The molecule has 114 heavy (non-hydrogen) atoms. The van der Waals surface area contributed by atoms with Gasteiger partial charge in [-0.2, -0.15) is 0 Å². The molecular formula is C107H190OS6. The maximum Gasteiger partial charge on any atom is 0.0431 e. The second-order valence-electron chi connectivity index (χ2n) is 35.8. The molecule has 660 valence electrons. The molecule has 0 aliphatic carbocycles. The second kappa shape index (κ2) is 81.1. The Balaban J connectivity index is 1.71. The molecule has 0 radical (unpaired) electrons. The summed E-state index contributed by atoms with van der Waals surface area (Å²) in [4.78, 5) is 9.34. The Labute approximate surface area is 737 Å². The number of benzene rings is 4. The summed E-state index contributed by atoms with van der Waals surface area (Å²) in [6.07, 6.45) is 108. The average molecular weight is 1690 g/mol. The first-order chi connectivity index (χ1) is 56.6. The number of aliphatic hydroxyl groups excluding tert-OH is 1. The fourth-order valence-corrected chi connectivity index (χ4v) is 24.3. The lowest BCUT2D eigenvalue weighted by molar-refractivity contribution is 0.282. The van der Waals surface area contributed by atoms with E-state index in [4.69, 9.17) is 0 Å². The summed E-state index contributed by atoms with van der Waals surface area (Å²) in [5, 5.41) is 18.6. The lowest BCUT2D eigenvalue weighted by atomic mass is 9.94. The van der Waals surface area contributed by atoms with Gasteiger partial charge < -0.3 is 5.11 Å². The maximum atomic E-state index is 9.47. The van der Waals surface area contributed by atoms with Gasteiger partial charge in [-0.05, 0) is 148 Å². The van der Waals surface area contributed by atoms with Crippen LogP contribution in [-0.2, 0) is 0 Å². The van der Waals surface area contributed by atoms with Crippen molar-refractivity contribution in [2.45, 2.75) is 558 Å². The van der Waals surface area contributed by atoms with Crippen LogP contribution in [0.1, 0.15) is 529 Å². The standard InChI is InChI=1S/C107H190OS6/c1-6-11-16-21-26-31-36-41-46-51-56-63-70-77-84-109-102-90-96-97-91-103(110-85-78-71-64-57-52-47-42-37-32-27-22-17-12-7-2)105(112-87-80-73-66-59-54-49-44-39-34-29-24-19-14-9-4)93-99(97)101-95-107(114-89-82-75-68-61-62-69-76-83-108)106(113-88-81-74-67-60-55-50-45-40-35-30-25-20-15-10-5)94-100(101)98(96)92-104(102)111-86-79-72-65-58-53-48-43-38-33-28-23-18-13-8-3/h90-95,108H,6-89H2,1-5H3. The first-order valence-corrected chi connectivity index (χ1v) is 57.4. The van der Waals surface area contributed by atoms with E-state index in [-0.39, 0.29) is 0 Å². The Bertz CT molecular complexity index is 2650. The highest BCUT2D eigenvalue weighted by atomic mass is 32.2. The number of hydrogen-bond acceptors (Lipinski definition) is 7. The molecule has 0 bridgehead atoms. The lowest BCUT2D eigenvalue weighted by Crippen LogP contribution is -1.94. The molecule has 0 fully saturated rings. The smallest absolute Gasteiger partial charge is 0.0431 e. The van der Waals surface area contributed by atoms with E-state index in [2.05, 4.69) is 142 Å². The Kier molecular flexibility index (Phi) is 75.4. The van der Waals surface area contributed by atoms with Gasteiger partial charge in [-0.25, -0.2) is 0 Å². The van der Waals surface area contributed by atoms with Gasteiger partial charge in [0.15, 0.2) is 0 Å². The Morgan fingerprint density at radius 1 is 0.140 bits per heavy atom. The minimum Gasteiger partial charge on any atom is -0.396 e. The zero-order valence-corrected chi connectivity index (χ0v) is 81.7. The molecule has 0 saturated heterocycles. The molecule has 1 N–H and O–H groups in total. The molecule has 0 atom stereocenters. The summed E-state index contributed by atoms with van der Waals surface area (Å²) in [7, 11) is 0. The molecule has 4 aromatic carbocycles. The van der Waals surface area contributed by atoms with E-state index in [1.54, 1.807) is 29.4 Å². The van der Waals surface area contributed by atoms with Crippen molar-refractivity contribution in [3.63, 3.8) is 0 Å². The fourth-order valence-electron chi connectivity index (χ4n) is 17.4. The Morgan fingerprint density at radius 2 is 0.237 bits per heavy atom. The number of aliphatic hydroxyl groups is 1. The van der Waals surface area contributed by atoms with Crippen LogP contribution in [0.5, 0.6) is 0 Å². The molecule has 0 amide bonds. The van der Waals surface area contributed by atoms with Crippen molar-refractivity contribution < 1.29 is 5.11 Å². The van der Waals surface area contributed by atoms with Crippen LogP contribution in [0.4, 0.5) is 0 Å². The van der Waals surface area contributed by atoms with E-state index >= 15 is 0 Å². The minimum atomic E-state index is 0.339. The van der Waals surface area contributed by atoms with Crippen molar-refractivity contribution >= 4 is 103 Å². The Hall–Kier alpha value is -0.280. The average Bonchev–Trinajstić information content (AvgIpc) is 0.726. The SMILES string of the molecule is CCCCCCCCCCCCCCCCSc1cc2c(cc1SCCCCCCCCCO)c1cc(SCCCCCCCCCCCCCCCC)c(SCCCCCCCCCCCCCCCC)cc1c1cc(SCCCCCCCCCCCCCCCC)c(SCCCCCCCCCCCCCCCC)cc21. The molecule has 4 aromatic rings. The molecule has 1 nitrogen and oxygen atoms in total. The van der Waals surface area contributed by atoms with Crippen molar-refractivity contribution in [3.05, 3.63) is 36.4 Å². The highest BCUT2D eigenvalue weighted by molar-refractivity contribution is 8.03. The molecule has 7 heteroatoms. The second-order valence-corrected chi connectivity index (χ2v) is 42.6. The van der Waals surface area contributed by atoms with Gasteiger partial charge in [0.2, 0.25) is 0 Å². The Morgan fingerprint density at radius 3 is 0.342 bits per heavy atom. The molecular weight excluding hydrogens is 1490 g/mol. The number of rotatable bonds is 90. The van der Waals surface area contributed by atoms with Crippen LogP contribution in [0, 0.1) is 0 Å². The van der Waals surface area contributed by atoms with Crippen LogP contribution >= 0.6 is 70.6 Å². The largest absolute Gasteiger partial charge is 0.396 e. The predicted octanol–water partition coefficient (Wildman–Crippen LogP) is 40.8. The third-order valence-electron chi connectivity index (χ3n) is 25.0. The molecule has 0 heterocycles. The zero-order valence-electron chi connectivity index (χ0n) is 76.8. The third-order valence-corrected chi connectivity index (χ3v) is 32.2. The van der Waals surface area contributed by atoms with Crippen molar-refractivity contribution in [1.29, 1.82) is 0 Å². The van der Waals surface area contributed by atoms with E-state index in [9.17, 15) is 5.11 Å². The van der Waals surface area contributed by atoms with Crippen LogP contribution in [0.3, 0.4) is 0 Å². The van der Waals surface area contributed by atoms with Gasteiger partial charge in [0.05, 0.1) is 0 Å². The molecule has 0 aromatic heterocycles. The summed E-state index contributed by atoms with van der Waals surface area (Å²) in [5.74, 6) is 7.32. The van der Waals surface area contributed by atoms with Crippen LogP contribution in [0.2, 0.25) is 0 Å².